The molecule has 0 aromatic heterocycles. The monoisotopic (exact) mass is 184 g/mol. The van der Waals surface area contributed by atoms with Crippen molar-refractivity contribution in [2.45, 2.75) is 43.7 Å². The second-order valence-electron chi connectivity index (χ2n) is 4.57. The third-order valence-corrected chi connectivity index (χ3v) is 3.26. The molecule has 1 aliphatic carbocycles. The summed E-state index contributed by atoms with van der Waals surface area (Å²) in [7, 11) is 0. The fourth-order valence-electron chi connectivity index (χ4n) is 2.37. The van der Waals surface area contributed by atoms with E-state index in [0.29, 0.717) is 6.54 Å². The zero-order valence-electron chi connectivity index (χ0n) is 8.21. The molecule has 3 heteroatoms. The van der Waals surface area contributed by atoms with Crippen LogP contribution >= 0.6 is 0 Å². The van der Waals surface area contributed by atoms with Gasteiger partial charge in [-0.1, -0.05) is 0 Å². The molecule has 2 rings (SSSR count). The number of likely N-dealkylation sites (tertiary alicyclic amines) is 1. The molecule has 2 fully saturated rings. The van der Waals surface area contributed by atoms with Gasteiger partial charge in [0.15, 0.2) is 0 Å². The van der Waals surface area contributed by atoms with Gasteiger partial charge in [-0.2, -0.15) is 0 Å². The highest BCUT2D eigenvalue weighted by Crippen LogP contribution is 2.33. The summed E-state index contributed by atoms with van der Waals surface area (Å²) in [5, 5.41) is 10.2. The van der Waals surface area contributed by atoms with Crippen molar-refractivity contribution in [2.75, 3.05) is 19.6 Å². The maximum Gasteiger partial charge on any atom is 0.0786 e. The summed E-state index contributed by atoms with van der Waals surface area (Å²) < 4.78 is 0. The van der Waals surface area contributed by atoms with Crippen LogP contribution in [0.1, 0.15) is 32.1 Å². The Bertz CT molecular complexity index is 178. The van der Waals surface area contributed by atoms with Crippen LogP contribution in [0.15, 0.2) is 0 Å². The number of nitrogens with zero attached hydrogens (tertiary/aromatic N) is 1. The van der Waals surface area contributed by atoms with Crippen LogP contribution in [0.5, 0.6) is 0 Å². The molecule has 13 heavy (non-hydrogen) atoms. The molecule has 0 bridgehead atoms. The van der Waals surface area contributed by atoms with Crippen molar-refractivity contribution in [3.05, 3.63) is 0 Å². The van der Waals surface area contributed by atoms with Crippen LogP contribution in [0, 0.1) is 0 Å². The molecule has 1 aliphatic heterocycles. The van der Waals surface area contributed by atoms with Gasteiger partial charge in [-0.25, -0.2) is 0 Å². The molecule has 3 nitrogen and oxygen atoms in total. The Labute approximate surface area is 79.9 Å². The predicted octanol–water partition coefficient (Wildman–Crippen LogP) is 0.324. The zero-order chi connectivity index (χ0) is 9.31. The van der Waals surface area contributed by atoms with E-state index < -0.39 is 5.60 Å². The summed E-state index contributed by atoms with van der Waals surface area (Å²) in [6.07, 6.45) is 5.49. The Hall–Kier alpha value is -0.120. The fraction of sp³-hybridized carbons (Fsp3) is 1.00. The van der Waals surface area contributed by atoms with Crippen molar-refractivity contribution < 1.29 is 5.11 Å². The predicted molar refractivity (Wildman–Crippen MR) is 52.5 cm³/mol. The van der Waals surface area contributed by atoms with Crippen LogP contribution in [-0.4, -0.2) is 41.3 Å². The van der Waals surface area contributed by atoms with Crippen LogP contribution in [0.25, 0.3) is 0 Å². The maximum absolute atomic E-state index is 10.2. The number of aliphatic hydroxyl groups is 1. The second-order valence-corrected chi connectivity index (χ2v) is 4.57. The molecule has 0 amide bonds. The van der Waals surface area contributed by atoms with Gasteiger partial charge in [-0.15, -0.1) is 0 Å². The van der Waals surface area contributed by atoms with E-state index in [0.717, 1.165) is 31.8 Å². The van der Waals surface area contributed by atoms with Crippen molar-refractivity contribution in [1.82, 2.24) is 4.90 Å². The molecule has 0 spiro atoms. The Morgan fingerprint density at radius 2 is 2.23 bits per heavy atom. The van der Waals surface area contributed by atoms with E-state index in [4.69, 9.17) is 5.73 Å². The van der Waals surface area contributed by atoms with Crippen molar-refractivity contribution in [2.24, 2.45) is 5.73 Å². The maximum atomic E-state index is 10.2. The first-order valence-electron chi connectivity index (χ1n) is 5.40. The van der Waals surface area contributed by atoms with E-state index in [1.807, 2.05) is 0 Å². The third-order valence-electron chi connectivity index (χ3n) is 3.26. The minimum absolute atomic E-state index is 0.477. The summed E-state index contributed by atoms with van der Waals surface area (Å²) in [6, 6.07) is 0.782. The molecule has 1 heterocycles. The topological polar surface area (TPSA) is 49.5 Å². The quantitative estimate of drug-likeness (QED) is 0.664. The van der Waals surface area contributed by atoms with E-state index in [1.54, 1.807) is 0 Å². The highest BCUT2D eigenvalue weighted by Gasteiger charge is 2.38. The molecule has 1 saturated carbocycles. The lowest BCUT2D eigenvalue weighted by Crippen LogP contribution is -2.49. The number of hydrogen-bond donors (Lipinski definition) is 2. The van der Waals surface area contributed by atoms with Crippen molar-refractivity contribution in [1.29, 1.82) is 0 Å². The van der Waals surface area contributed by atoms with E-state index >= 15 is 0 Å². The van der Waals surface area contributed by atoms with Gasteiger partial charge in [-0.3, -0.25) is 4.90 Å². The second kappa shape index (κ2) is 3.56. The van der Waals surface area contributed by atoms with E-state index in [2.05, 4.69) is 4.90 Å². The van der Waals surface area contributed by atoms with Gasteiger partial charge in [0.05, 0.1) is 5.60 Å². The highest BCUT2D eigenvalue weighted by atomic mass is 16.3. The Morgan fingerprint density at radius 1 is 1.46 bits per heavy atom. The van der Waals surface area contributed by atoms with Gasteiger partial charge >= 0.3 is 0 Å². The van der Waals surface area contributed by atoms with Crippen LogP contribution in [0.4, 0.5) is 0 Å². The summed E-state index contributed by atoms with van der Waals surface area (Å²) >= 11 is 0. The normalized spacial score (nSPS) is 36.5. The van der Waals surface area contributed by atoms with E-state index in [-0.39, 0.29) is 0 Å². The molecule has 0 aromatic rings. The first-order valence-corrected chi connectivity index (χ1v) is 5.40. The molecule has 76 valence electrons. The Morgan fingerprint density at radius 3 is 2.85 bits per heavy atom. The van der Waals surface area contributed by atoms with Crippen molar-refractivity contribution in [3.8, 4) is 0 Å². The zero-order valence-corrected chi connectivity index (χ0v) is 8.21. The smallest absolute Gasteiger partial charge is 0.0786 e. The average Bonchev–Trinajstić information content (AvgIpc) is 2.86. The Kier molecular flexibility index (Phi) is 2.58. The third kappa shape index (κ3) is 2.22. The van der Waals surface area contributed by atoms with Crippen LogP contribution in [0.2, 0.25) is 0 Å². The molecule has 3 N–H and O–H groups in total. The van der Waals surface area contributed by atoms with Gasteiger partial charge < -0.3 is 10.8 Å². The largest absolute Gasteiger partial charge is 0.389 e. The summed E-state index contributed by atoms with van der Waals surface area (Å²) in [4.78, 5) is 2.44. The minimum atomic E-state index is -0.477. The highest BCUT2D eigenvalue weighted by molar-refractivity contribution is 4.94. The molecule has 2 aliphatic rings. The van der Waals surface area contributed by atoms with Crippen molar-refractivity contribution in [3.63, 3.8) is 0 Å². The van der Waals surface area contributed by atoms with Crippen LogP contribution < -0.4 is 5.73 Å². The molecule has 0 radical (unpaired) electrons. The molecule has 1 atom stereocenters. The molecular formula is C10H20N2O. The van der Waals surface area contributed by atoms with Crippen molar-refractivity contribution >= 4 is 0 Å². The van der Waals surface area contributed by atoms with E-state index in [9.17, 15) is 5.11 Å². The first-order chi connectivity index (χ1) is 6.23. The lowest BCUT2D eigenvalue weighted by atomic mass is 9.89. The fourth-order valence-corrected chi connectivity index (χ4v) is 2.37. The number of hydrogen-bond acceptors (Lipinski definition) is 3. The van der Waals surface area contributed by atoms with Crippen LogP contribution in [-0.2, 0) is 0 Å². The molecular weight excluding hydrogens is 164 g/mol. The van der Waals surface area contributed by atoms with Gasteiger partial charge in [0.1, 0.15) is 0 Å². The average molecular weight is 184 g/mol. The number of piperidine rings is 1. The van der Waals surface area contributed by atoms with Crippen LogP contribution in [0.3, 0.4) is 0 Å². The summed E-state index contributed by atoms with van der Waals surface area (Å²) in [5.41, 5.74) is 5.03. The van der Waals surface area contributed by atoms with Gasteiger partial charge in [0, 0.05) is 12.6 Å². The van der Waals surface area contributed by atoms with Gasteiger partial charge in [0.25, 0.3) is 0 Å². The van der Waals surface area contributed by atoms with Gasteiger partial charge in [0.2, 0.25) is 0 Å². The molecule has 1 saturated heterocycles. The van der Waals surface area contributed by atoms with E-state index in [1.165, 1.54) is 19.4 Å². The molecule has 1 unspecified atom stereocenters. The lowest BCUT2D eigenvalue weighted by molar-refractivity contribution is -0.0374. The number of nitrogens with two attached hydrogens (primary N) is 1. The number of β-amino-alcohol motifs (C(OH)–C–C–N with tert-alkyl or cyclic N) is 1. The summed E-state index contributed by atoms with van der Waals surface area (Å²) in [5.74, 6) is 0. The standard InChI is InChI=1S/C10H20N2O/c11-6-5-10(13)4-1-7-12(8-10)9-2-3-9/h9,13H,1-8,11H2. The molecule has 0 aromatic carbocycles. The minimum Gasteiger partial charge on any atom is -0.389 e. The van der Waals surface area contributed by atoms with Gasteiger partial charge in [-0.05, 0) is 45.2 Å². The first kappa shape index (κ1) is 9.44. The SMILES string of the molecule is NCCC1(O)CCCN(C2CC2)C1. The lowest BCUT2D eigenvalue weighted by Gasteiger charge is -2.39. The number of rotatable bonds is 3. The summed E-state index contributed by atoms with van der Waals surface area (Å²) in [6.45, 7) is 2.64. The Balaban J connectivity index is 1.89.